The molecule has 2 atom stereocenters. The van der Waals surface area contributed by atoms with Crippen LogP contribution in [0.25, 0.3) is 0 Å². The van der Waals surface area contributed by atoms with E-state index in [2.05, 4.69) is 4.52 Å². The summed E-state index contributed by atoms with van der Waals surface area (Å²) in [6.07, 6.45) is -3.54. The van der Waals surface area contributed by atoms with Gasteiger partial charge in [-0.05, 0) is 6.42 Å². The summed E-state index contributed by atoms with van der Waals surface area (Å²) in [4.78, 5) is 0. The van der Waals surface area contributed by atoms with E-state index in [0.717, 1.165) is 17.8 Å². The maximum absolute atomic E-state index is 11.9. The molecule has 0 rings (SSSR count). The molecule has 7 heteroatoms. The Morgan fingerprint density at radius 2 is 1.93 bits per heavy atom. The zero-order valence-electron chi connectivity index (χ0n) is 9.00. The Hall–Kier alpha value is 0.330. The molecule has 0 heterocycles. The minimum atomic E-state index is -4.42. The molecule has 0 amide bonds. The zero-order valence-corrected chi connectivity index (χ0v) is 10.7. The van der Waals surface area contributed by atoms with Gasteiger partial charge >= 0.3 is 6.18 Å². The SMILES string of the molecule is CCC(C)SP(=O)(CC)OCC(F)(F)F. The summed E-state index contributed by atoms with van der Waals surface area (Å²) < 4.78 is 52.0. The second-order valence-corrected chi connectivity index (χ2v) is 8.57. The fourth-order valence-corrected chi connectivity index (χ4v) is 5.03. The summed E-state index contributed by atoms with van der Waals surface area (Å²) in [7, 11) is 0. The fourth-order valence-electron chi connectivity index (χ4n) is 0.716. The Morgan fingerprint density at radius 3 is 2.27 bits per heavy atom. The highest BCUT2D eigenvalue weighted by atomic mass is 32.7. The van der Waals surface area contributed by atoms with Crippen LogP contribution in [0.15, 0.2) is 0 Å². The van der Waals surface area contributed by atoms with E-state index in [4.69, 9.17) is 0 Å². The molecule has 0 aliphatic rings. The average Bonchev–Trinajstić information content (AvgIpc) is 2.14. The molecule has 0 aromatic rings. The second kappa shape index (κ2) is 6.16. The van der Waals surface area contributed by atoms with Crippen LogP contribution in [-0.4, -0.2) is 24.2 Å². The molecule has 0 aromatic heterocycles. The minimum Gasteiger partial charge on any atom is -0.312 e. The van der Waals surface area contributed by atoms with Gasteiger partial charge in [0.1, 0.15) is 0 Å². The number of halogens is 3. The molecule has 92 valence electrons. The van der Waals surface area contributed by atoms with Gasteiger partial charge in [-0.1, -0.05) is 32.2 Å². The van der Waals surface area contributed by atoms with E-state index in [1.165, 1.54) is 0 Å². The monoisotopic (exact) mass is 264 g/mol. The number of rotatable bonds is 6. The molecule has 0 saturated heterocycles. The van der Waals surface area contributed by atoms with Gasteiger partial charge in [-0.3, -0.25) is 4.57 Å². The Labute approximate surface area is 92.2 Å². The van der Waals surface area contributed by atoms with Crippen molar-refractivity contribution < 1.29 is 22.3 Å². The Morgan fingerprint density at radius 1 is 1.40 bits per heavy atom. The first-order valence-electron chi connectivity index (χ1n) is 4.71. The summed E-state index contributed by atoms with van der Waals surface area (Å²) in [5.41, 5.74) is 0. The van der Waals surface area contributed by atoms with E-state index in [1.54, 1.807) is 6.92 Å². The van der Waals surface area contributed by atoms with Crippen molar-refractivity contribution in [1.29, 1.82) is 0 Å². The number of hydrogen-bond acceptors (Lipinski definition) is 3. The van der Waals surface area contributed by atoms with Gasteiger partial charge in [-0.15, -0.1) is 0 Å². The summed E-state index contributed by atoms with van der Waals surface area (Å²) >= 11 is 1.02. The fraction of sp³-hybridized carbons (Fsp3) is 1.00. The van der Waals surface area contributed by atoms with Gasteiger partial charge in [-0.25, -0.2) is 0 Å². The first-order valence-corrected chi connectivity index (χ1v) is 8.00. The maximum atomic E-state index is 11.9. The Kier molecular flexibility index (Phi) is 6.30. The summed E-state index contributed by atoms with van der Waals surface area (Å²) in [6, 6.07) is 0. The highest BCUT2D eigenvalue weighted by Gasteiger charge is 2.33. The van der Waals surface area contributed by atoms with Crippen molar-refractivity contribution in [3.63, 3.8) is 0 Å². The van der Waals surface area contributed by atoms with E-state index >= 15 is 0 Å². The smallest absolute Gasteiger partial charge is 0.312 e. The summed E-state index contributed by atoms with van der Waals surface area (Å²) in [6.45, 7) is 0.688. The number of hydrogen-bond donors (Lipinski definition) is 0. The molecule has 15 heavy (non-hydrogen) atoms. The first-order chi connectivity index (χ1) is 6.72. The molecule has 2 unspecified atom stereocenters. The molecule has 2 nitrogen and oxygen atoms in total. The molecule has 0 saturated carbocycles. The van der Waals surface area contributed by atoms with Gasteiger partial charge < -0.3 is 4.52 Å². The molecule has 0 fully saturated rings. The number of alkyl halides is 3. The third kappa shape index (κ3) is 7.25. The van der Waals surface area contributed by atoms with E-state index in [1.807, 2.05) is 13.8 Å². The van der Waals surface area contributed by atoms with Crippen LogP contribution in [0.1, 0.15) is 27.2 Å². The molecule has 0 N–H and O–H groups in total. The van der Waals surface area contributed by atoms with Gasteiger partial charge in [0, 0.05) is 11.4 Å². The van der Waals surface area contributed by atoms with Gasteiger partial charge in [0.05, 0.1) is 0 Å². The third-order valence-corrected chi connectivity index (χ3v) is 7.17. The molecule has 0 aliphatic carbocycles. The molecule has 0 aromatic carbocycles. The molecule has 0 aliphatic heterocycles. The van der Waals surface area contributed by atoms with Crippen LogP contribution in [0.3, 0.4) is 0 Å². The lowest BCUT2D eigenvalue weighted by Gasteiger charge is -2.20. The highest BCUT2D eigenvalue weighted by Crippen LogP contribution is 2.61. The van der Waals surface area contributed by atoms with Crippen molar-refractivity contribution in [2.45, 2.75) is 38.6 Å². The average molecular weight is 264 g/mol. The van der Waals surface area contributed by atoms with Crippen LogP contribution in [0.4, 0.5) is 13.2 Å². The lowest BCUT2D eigenvalue weighted by atomic mass is 10.4. The summed E-state index contributed by atoms with van der Waals surface area (Å²) in [5.74, 6) is 0. The second-order valence-electron chi connectivity index (χ2n) is 3.14. The van der Waals surface area contributed by atoms with E-state index in [-0.39, 0.29) is 11.4 Å². The molecule has 0 radical (unpaired) electrons. The molecule has 0 bridgehead atoms. The van der Waals surface area contributed by atoms with Crippen LogP contribution < -0.4 is 0 Å². The lowest BCUT2D eigenvalue weighted by Crippen LogP contribution is -2.16. The van der Waals surface area contributed by atoms with E-state index in [9.17, 15) is 17.7 Å². The highest BCUT2D eigenvalue weighted by molar-refractivity contribution is 8.56. The van der Waals surface area contributed by atoms with Crippen molar-refractivity contribution >= 4 is 18.0 Å². The van der Waals surface area contributed by atoms with Crippen LogP contribution in [0.2, 0.25) is 0 Å². The van der Waals surface area contributed by atoms with E-state index < -0.39 is 19.4 Å². The Balaban J connectivity index is 4.26. The topological polar surface area (TPSA) is 26.3 Å². The van der Waals surface area contributed by atoms with Crippen LogP contribution >= 0.6 is 18.0 Å². The molecule has 0 spiro atoms. The normalized spacial score (nSPS) is 18.5. The van der Waals surface area contributed by atoms with Gasteiger partial charge in [-0.2, -0.15) is 13.2 Å². The predicted octanol–water partition coefficient (Wildman–Crippen LogP) is 4.31. The maximum Gasteiger partial charge on any atom is 0.412 e. The summed E-state index contributed by atoms with van der Waals surface area (Å²) in [5, 5.41) is 0.0454. The Bertz CT molecular complexity index is 232. The quantitative estimate of drug-likeness (QED) is 0.669. The van der Waals surface area contributed by atoms with Crippen LogP contribution in [0, 0.1) is 0 Å². The van der Waals surface area contributed by atoms with Crippen molar-refractivity contribution in [2.24, 2.45) is 0 Å². The first kappa shape index (κ1) is 15.3. The largest absolute Gasteiger partial charge is 0.412 e. The predicted molar refractivity (Wildman–Crippen MR) is 57.5 cm³/mol. The minimum absolute atomic E-state index is 0.0454. The standard InChI is InChI=1S/C8H16F3O2PS/c1-4-7(3)15-14(12,5-2)13-6-8(9,10)11/h7H,4-6H2,1-3H3. The van der Waals surface area contributed by atoms with Crippen molar-refractivity contribution in [3.8, 4) is 0 Å². The third-order valence-electron chi connectivity index (χ3n) is 1.73. The molecular formula is C8H16F3O2PS. The van der Waals surface area contributed by atoms with Gasteiger partial charge in [0.2, 0.25) is 0 Å². The van der Waals surface area contributed by atoms with Crippen LogP contribution in [0.5, 0.6) is 0 Å². The molecular weight excluding hydrogens is 248 g/mol. The van der Waals surface area contributed by atoms with Gasteiger partial charge in [0.15, 0.2) is 6.61 Å². The zero-order chi connectivity index (χ0) is 12.1. The van der Waals surface area contributed by atoms with Crippen molar-refractivity contribution in [1.82, 2.24) is 0 Å². The van der Waals surface area contributed by atoms with Crippen molar-refractivity contribution in [3.05, 3.63) is 0 Å². The van der Waals surface area contributed by atoms with E-state index in [0.29, 0.717) is 0 Å². The van der Waals surface area contributed by atoms with Crippen LogP contribution in [-0.2, 0) is 9.09 Å². The van der Waals surface area contributed by atoms with Crippen molar-refractivity contribution in [2.75, 3.05) is 12.8 Å². The van der Waals surface area contributed by atoms with Gasteiger partial charge in [0.25, 0.3) is 6.57 Å². The lowest BCUT2D eigenvalue weighted by molar-refractivity contribution is -0.152.